The molecule has 0 fully saturated rings. The van der Waals surface area contributed by atoms with E-state index in [9.17, 15) is 0 Å². The van der Waals surface area contributed by atoms with Gasteiger partial charge >= 0.3 is 0 Å². The number of rotatable bonds is 7. The maximum Gasteiger partial charge on any atom is 0.167 e. The van der Waals surface area contributed by atoms with Crippen LogP contribution in [0.4, 0.5) is 0 Å². The zero-order valence-electron chi connectivity index (χ0n) is 13.4. The molecule has 0 saturated heterocycles. The van der Waals surface area contributed by atoms with Gasteiger partial charge in [0, 0.05) is 6.54 Å². The number of tetrazole rings is 1. The van der Waals surface area contributed by atoms with Crippen molar-refractivity contribution in [2.75, 3.05) is 6.54 Å². The molecule has 5 nitrogen and oxygen atoms in total. The lowest BCUT2D eigenvalue weighted by Gasteiger charge is -2.15. The Morgan fingerprint density at radius 3 is 2.76 bits per heavy atom. The van der Waals surface area contributed by atoms with E-state index in [-0.39, 0.29) is 6.04 Å². The van der Waals surface area contributed by atoms with E-state index >= 15 is 0 Å². The van der Waals surface area contributed by atoms with Crippen molar-refractivity contribution in [3.8, 4) is 0 Å². The fourth-order valence-electron chi connectivity index (χ4n) is 2.29. The van der Waals surface area contributed by atoms with E-state index in [1.807, 2.05) is 4.68 Å². The minimum atomic E-state index is 0.167. The number of hydrogen-bond acceptors (Lipinski definition) is 4. The first-order valence-electron chi connectivity index (χ1n) is 7.61. The van der Waals surface area contributed by atoms with Crippen LogP contribution in [0.5, 0.6) is 0 Å². The summed E-state index contributed by atoms with van der Waals surface area (Å²) in [6, 6.07) is 8.74. The summed E-state index contributed by atoms with van der Waals surface area (Å²) in [5.74, 6) is 1.52. The van der Waals surface area contributed by atoms with Crippen molar-refractivity contribution in [3.05, 3.63) is 41.2 Å². The van der Waals surface area contributed by atoms with Crippen LogP contribution in [0.15, 0.2) is 24.3 Å². The molecule has 1 N–H and O–H groups in total. The highest BCUT2D eigenvalue weighted by Gasteiger charge is 2.14. The summed E-state index contributed by atoms with van der Waals surface area (Å²) in [5, 5.41) is 15.6. The van der Waals surface area contributed by atoms with E-state index in [1.54, 1.807) is 0 Å². The van der Waals surface area contributed by atoms with Crippen molar-refractivity contribution >= 4 is 0 Å². The fraction of sp³-hybridized carbons (Fsp3) is 0.562. The number of nitrogens with zero attached hydrogens (tertiary/aromatic N) is 4. The Bertz CT molecular complexity index is 561. The van der Waals surface area contributed by atoms with Gasteiger partial charge in [-0.05, 0) is 48.7 Å². The summed E-state index contributed by atoms with van der Waals surface area (Å²) >= 11 is 0. The van der Waals surface area contributed by atoms with E-state index in [2.05, 4.69) is 72.8 Å². The molecule has 21 heavy (non-hydrogen) atoms. The van der Waals surface area contributed by atoms with Crippen LogP contribution in [0.25, 0.3) is 0 Å². The molecule has 1 atom stereocenters. The van der Waals surface area contributed by atoms with Gasteiger partial charge < -0.3 is 5.32 Å². The first-order chi connectivity index (χ1) is 10.1. The molecule has 1 aromatic carbocycles. The Kier molecular flexibility index (Phi) is 5.44. The Labute approximate surface area is 126 Å². The van der Waals surface area contributed by atoms with Crippen molar-refractivity contribution in [2.45, 2.75) is 46.7 Å². The third kappa shape index (κ3) is 4.63. The van der Waals surface area contributed by atoms with Crippen molar-refractivity contribution in [1.29, 1.82) is 0 Å². The molecule has 1 heterocycles. The molecule has 0 bridgehead atoms. The Morgan fingerprint density at radius 2 is 2.05 bits per heavy atom. The standard InChI is InChI=1S/C16H25N5/c1-12(2)11-17-14(4)16-18-19-20-21(16)9-8-15-7-5-6-13(3)10-15/h5-7,10,12,14,17H,8-9,11H2,1-4H3. The Hall–Kier alpha value is -1.75. The SMILES string of the molecule is Cc1cccc(CCn2nnnc2C(C)NCC(C)C)c1. The summed E-state index contributed by atoms with van der Waals surface area (Å²) in [4.78, 5) is 0. The van der Waals surface area contributed by atoms with E-state index in [0.29, 0.717) is 5.92 Å². The van der Waals surface area contributed by atoms with Gasteiger partial charge in [-0.3, -0.25) is 0 Å². The number of nitrogens with one attached hydrogen (secondary N) is 1. The van der Waals surface area contributed by atoms with Crippen molar-refractivity contribution in [1.82, 2.24) is 25.5 Å². The number of aryl methyl sites for hydroxylation is 3. The van der Waals surface area contributed by atoms with Crippen molar-refractivity contribution in [2.24, 2.45) is 5.92 Å². The minimum absolute atomic E-state index is 0.167. The molecule has 0 spiro atoms. The van der Waals surface area contributed by atoms with Crippen LogP contribution in [-0.4, -0.2) is 26.8 Å². The van der Waals surface area contributed by atoms with Crippen LogP contribution in [0.1, 0.15) is 43.8 Å². The van der Waals surface area contributed by atoms with Gasteiger partial charge in [-0.1, -0.05) is 43.7 Å². The second kappa shape index (κ2) is 7.31. The molecule has 1 aromatic heterocycles. The van der Waals surface area contributed by atoms with Gasteiger partial charge in [0.05, 0.1) is 6.04 Å². The molecule has 2 rings (SSSR count). The van der Waals surface area contributed by atoms with E-state index in [4.69, 9.17) is 0 Å². The average Bonchev–Trinajstić information content (AvgIpc) is 2.91. The molecule has 114 valence electrons. The van der Waals surface area contributed by atoms with Gasteiger partial charge in [0.15, 0.2) is 5.82 Å². The topological polar surface area (TPSA) is 55.6 Å². The maximum absolute atomic E-state index is 4.16. The lowest BCUT2D eigenvalue weighted by atomic mass is 10.1. The third-order valence-electron chi connectivity index (χ3n) is 3.47. The highest BCUT2D eigenvalue weighted by Crippen LogP contribution is 2.10. The molecule has 0 saturated carbocycles. The van der Waals surface area contributed by atoms with Crippen LogP contribution < -0.4 is 5.32 Å². The number of hydrogen-bond donors (Lipinski definition) is 1. The molecule has 0 aliphatic rings. The van der Waals surface area contributed by atoms with Crippen molar-refractivity contribution < 1.29 is 0 Å². The van der Waals surface area contributed by atoms with Gasteiger partial charge in [-0.15, -0.1) is 5.10 Å². The number of aromatic nitrogens is 4. The smallest absolute Gasteiger partial charge is 0.167 e. The predicted molar refractivity (Wildman–Crippen MR) is 84.0 cm³/mol. The Morgan fingerprint density at radius 1 is 1.24 bits per heavy atom. The third-order valence-corrected chi connectivity index (χ3v) is 3.47. The lowest BCUT2D eigenvalue weighted by Crippen LogP contribution is -2.26. The largest absolute Gasteiger partial charge is 0.307 e. The molecular weight excluding hydrogens is 262 g/mol. The van der Waals surface area contributed by atoms with Crippen molar-refractivity contribution in [3.63, 3.8) is 0 Å². The summed E-state index contributed by atoms with van der Waals surface area (Å²) in [5.41, 5.74) is 2.61. The Balaban J connectivity index is 1.96. The second-order valence-corrected chi connectivity index (χ2v) is 6.02. The first-order valence-corrected chi connectivity index (χ1v) is 7.61. The molecular formula is C16H25N5. The van der Waals surface area contributed by atoms with Gasteiger partial charge in [0.25, 0.3) is 0 Å². The summed E-state index contributed by atoms with van der Waals surface area (Å²) in [6.07, 6.45) is 0.941. The van der Waals surface area contributed by atoms with E-state index < -0.39 is 0 Å². The van der Waals surface area contributed by atoms with Gasteiger partial charge in [0.2, 0.25) is 0 Å². The van der Waals surface area contributed by atoms with Crippen LogP contribution in [0.2, 0.25) is 0 Å². The predicted octanol–water partition coefficient (Wildman–Crippen LogP) is 2.53. The van der Waals surface area contributed by atoms with Crippen LogP contribution in [0, 0.1) is 12.8 Å². The van der Waals surface area contributed by atoms with Gasteiger partial charge in [0.1, 0.15) is 0 Å². The van der Waals surface area contributed by atoms with Crippen LogP contribution in [0.3, 0.4) is 0 Å². The molecule has 2 aromatic rings. The van der Waals surface area contributed by atoms with Crippen LogP contribution >= 0.6 is 0 Å². The summed E-state index contributed by atoms with van der Waals surface area (Å²) in [6.45, 7) is 10.4. The first kappa shape index (κ1) is 15.6. The summed E-state index contributed by atoms with van der Waals surface area (Å²) < 4.78 is 1.90. The summed E-state index contributed by atoms with van der Waals surface area (Å²) in [7, 11) is 0. The quantitative estimate of drug-likeness (QED) is 0.850. The van der Waals surface area contributed by atoms with Crippen LogP contribution in [-0.2, 0) is 13.0 Å². The highest BCUT2D eigenvalue weighted by atomic mass is 15.5. The molecule has 5 heteroatoms. The monoisotopic (exact) mass is 287 g/mol. The molecule has 0 aliphatic carbocycles. The fourth-order valence-corrected chi connectivity index (χ4v) is 2.29. The highest BCUT2D eigenvalue weighted by molar-refractivity contribution is 5.22. The molecule has 1 unspecified atom stereocenters. The molecule has 0 aliphatic heterocycles. The van der Waals surface area contributed by atoms with E-state index in [1.165, 1.54) is 11.1 Å². The zero-order valence-corrected chi connectivity index (χ0v) is 13.4. The second-order valence-electron chi connectivity index (χ2n) is 6.02. The normalized spacial score (nSPS) is 12.8. The number of benzene rings is 1. The maximum atomic E-state index is 4.16. The van der Waals surface area contributed by atoms with E-state index in [0.717, 1.165) is 25.3 Å². The molecule has 0 amide bonds. The van der Waals surface area contributed by atoms with Gasteiger partial charge in [-0.25, -0.2) is 4.68 Å². The molecule has 0 radical (unpaired) electrons. The lowest BCUT2D eigenvalue weighted by molar-refractivity contribution is 0.453. The minimum Gasteiger partial charge on any atom is -0.307 e. The zero-order chi connectivity index (χ0) is 15.2. The van der Waals surface area contributed by atoms with Gasteiger partial charge in [-0.2, -0.15) is 0 Å². The average molecular weight is 287 g/mol.